The van der Waals surface area contributed by atoms with Crippen LogP contribution in [-0.4, -0.2) is 29.1 Å². The highest BCUT2D eigenvalue weighted by molar-refractivity contribution is 7.10. The number of carbonyl (C=O) groups is 1. The van der Waals surface area contributed by atoms with Crippen molar-refractivity contribution in [3.8, 4) is 5.69 Å². The maximum Gasteiger partial charge on any atom is 0.271 e. The van der Waals surface area contributed by atoms with Crippen molar-refractivity contribution in [3.05, 3.63) is 131 Å². The molecule has 1 aliphatic heterocycles. The standard InChI is InChI=1S/C33H31N5O2S2/c1-20-18-23(22(3)37(20)26-15-13-25(14-16-26)36(4)5)19-28-32(40)38-30(27-12-9-17-41-27)29(21(2)34-33(38)42-28)31(39)35-24-10-7-6-8-11-24/h6-19,30H,1-5H3,(H,35,39)/b28-19+/t30-/m1/s1. The first-order valence-electron chi connectivity index (χ1n) is 13.6. The zero-order chi connectivity index (χ0) is 29.5. The van der Waals surface area contributed by atoms with Crippen molar-refractivity contribution in [1.29, 1.82) is 0 Å². The second-order valence-corrected chi connectivity index (χ2v) is 12.5. The van der Waals surface area contributed by atoms with Gasteiger partial charge in [0.25, 0.3) is 11.5 Å². The number of carbonyl (C=O) groups excluding carboxylic acids is 1. The fourth-order valence-electron chi connectivity index (χ4n) is 5.42. The molecule has 3 aromatic heterocycles. The van der Waals surface area contributed by atoms with Crippen LogP contribution in [0.4, 0.5) is 11.4 Å². The second kappa shape index (κ2) is 11.1. The van der Waals surface area contributed by atoms with E-state index in [1.54, 1.807) is 4.57 Å². The van der Waals surface area contributed by atoms with Gasteiger partial charge in [0.15, 0.2) is 4.80 Å². The van der Waals surface area contributed by atoms with E-state index in [1.165, 1.54) is 22.7 Å². The summed E-state index contributed by atoms with van der Waals surface area (Å²) in [6.07, 6.45) is 1.95. The highest BCUT2D eigenvalue weighted by Gasteiger charge is 2.33. The molecule has 4 heterocycles. The number of aryl methyl sites for hydroxylation is 1. The average molecular weight is 594 g/mol. The molecule has 9 heteroatoms. The Bertz CT molecular complexity index is 1990. The van der Waals surface area contributed by atoms with Gasteiger partial charge in [-0.15, -0.1) is 11.3 Å². The van der Waals surface area contributed by atoms with Gasteiger partial charge < -0.3 is 14.8 Å². The minimum Gasteiger partial charge on any atom is -0.378 e. The van der Waals surface area contributed by atoms with E-state index < -0.39 is 6.04 Å². The molecule has 0 bridgehead atoms. The van der Waals surface area contributed by atoms with E-state index in [9.17, 15) is 9.59 Å². The number of aromatic nitrogens is 2. The van der Waals surface area contributed by atoms with E-state index in [4.69, 9.17) is 4.99 Å². The molecular formula is C33H31N5O2S2. The van der Waals surface area contributed by atoms with Crippen molar-refractivity contribution in [2.75, 3.05) is 24.3 Å². The van der Waals surface area contributed by atoms with Gasteiger partial charge in [0.1, 0.15) is 6.04 Å². The van der Waals surface area contributed by atoms with Crippen LogP contribution in [-0.2, 0) is 4.79 Å². The highest BCUT2D eigenvalue weighted by Crippen LogP contribution is 2.33. The lowest BCUT2D eigenvalue weighted by Crippen LogP contribution is -2.40. The minimum atomic E-state index is -0.560. The lowest BCUT2D eigenvalue weighted by atomic mass is 10.0. The van der Waals surface area contributed by atoms with Gasteiger partial charge in [-0.3, -0.25) is 14.2 Å². The molecule has 2 aromatic carbocycles. The summed E-state index contributed by atoms with van der Waals surface area (Å²) in [5.74, 6) is -0.265. The van der Waals surface area contributed by atoms with Crippen LogP contribution < -0.4 is 25.1 Å². The Morgan fingerprint density at radius 2 is 1.74 bits per heavy atom. The first kappa shape index (κ1) is 27.7. The Hall–Kier alpha value is -4.47. The fraction of sp³-hybridized carbons (Fsp3) is 0.182. The molecule has 0 fully saturated rings. The summed E-state index contributed by atoms with van der Waals surface area (Å²) in [4.78, 5) is 36.0. The lowest BCUT2D eigenvalue weighted by Gasteiger charge is -2.24. The number of thiophene rings is 1. The van der Waals surface area contributed by atoms with Crippen molar-refractivity contribution in [2.45, 2.75) is 26.8 Å². The number of amides is 1. The molecule has 1 atom stereocenters. The minimum absolute atomic E-state index is 0.158. The quantitative estimate of drug-likeness (QED) is 0.286. The predicted octanol–water partition coefficient (Wildman–Crippen LogP) is 5.41. The number of hydrogen-bond acceptors (Lipinski definition) is 6. The molecule has 42 heavy (non-hydrogen) atoms. The third kappa shape index (κ3) is 4.95. The second-order valence-electron chi connectivity index (χ2n) is 10.5. The number of hydrogen-bond donors (Lipinski definition) is 1. The molecule has 5 aromatic rings. The number of fused-ring (bicyclic) bond motifs is 1. The van der Waals surface area contributed by atoms with Gasteiger partial charge in [-0.1, -0.05) is 35.6 Å². The summed E-state index contributed by atoms with van der Waals surface area (Å²) in [6.45, 7) is 5.98. The Morgan fingerprint density at radius 3 is 2.40 bits per heavy atom. The summed E-state index contributed by atoms with van der Waals surface area (Å²) in [5, 5.41) is 4.96. The molecule has 6 rings (SSSR count). The van der Waals surface area contributed by atoms with Crippen molar-refractivity contribution in [1.82, 2.24) is 9.13 Å². The SMILES string of the molecule is CC1=C(C(=O)Nc2ccccc2)[C@@H](c2cccs2)n2c(s/c(=C/c3cc(C)n(-c4ccc(N(C)C)cc4)c3C)c2=O)=N1. The number of para-hydroxylation sites is 1. The number of anilines is 2. The molecule has 1 N–H and O–H groups in total. The van der Waals surface area contributed by atoms with Crippen molar-refractivity contribution in [3.63, 3.8) is 0 Å². The summed E-state index contributed by atoms with van der Waals surface area (Å²) in [5.41, 5.74) is 6.91. The normalized spacial score (nSPS) is 15.0. The van der Waals surface area contributed by atoms with Gasteiger partial charge >= 0.3 is 0 Å². The van der Waals surface area contributed by atoms with Crippen LogP contribution in [0.25, 0.3) is 11.8 Å². The number of benzene rings is 2. The van der Waals surface area contributed by atoms with Crippen molar-refractivity contribution < 1.29 is 4.79 Å². The molecule has 1 aliphatic rings. The maximum atomic E-state index is 14.1. The number of rotatable bonds is 6. The summed E-state index contributed by atoms with van der Waals surface area (Å²) >= 11 is 2.88. The molecular weight excluding hydrogens is 563 g/mol. The summed E-state index contributed by atoms with van der Waals surface area (Å²) < 4.78 is 4.46. The van der Waals surface area contributed by atoms with Crippen LogP contribution in [0.3, 0.4) is 0 Å². The number of nitrogens with zero attached hydrogens (tertiary/aromatic N) is 4. The molecule has 0 radical (unpaired) electrons. The predicted molar refractivity (Wildman–Crippen MR) is 173 cm³/mol. The number of thiazole rings is 1. The fourth-order valence-corrected chi connectivity index (χ4v) is 7.28. The molecule has 0 saturated carbocycles. The average Bonchev–Trinajstić information content (AvgIpc) is 3.67. The van der Waals surface area contributed by atoms with E-state index in [0.29, 0.717) is 26.3 Å². The van der Waals surface area contributed by atoms with Gasteiger partial charge in [0.05, 0.1) is 15.8 Å². The molecule has 0 spiro atoms. The van der Waals surface area contributed by atoms with Crippen LogP contribution in [0.5, 0.6) is 0 Å². The zero-order valence-corrected chi connectivity index (χ0v) is 25.7. The summed E-state index contributed by atoms with van der Waals surface area (Å²) in [7, 11) is 4.05. The van der Waals surface area contributed by atoms with E-state index in [2.05, 4.69) is 59.0 Å². The zero-order valence-electron chi connectivity index (χ0n) is 24.1. The first-order valence-corrected chi connectivity index (χ1v) is 15.3. The molecule has 0 saturated heterocycles. The molecule has 212 valence electrons. The Kier molecular flexibility index (Phi) is 7.30. The number of allylic oxidation sites excluding steroid dienone is 1. The van der Waals surface area contributed by atoms with E-state index in [-0.39, 0.29) is 11.5 Å². The third-order valence-electron chi connectivity index (χ3n) is 7.49. The number of nitrogens with one attached hydrogen (secondary N) is 1. The van der Waals surface area contributed by atoms with Crippen LogP contribution >= 0.6 is 22.7 Å². The molecule has 1 amide bonds. The van der Waals surface area contributed by atoms with Crippen molar-refractivity contribution >= 4 is 46.0 Å². The van der Waals surface area contributed by atoms with Crippen LogP contribution in [0.15, 0.2) is 99.2 Å². The van der Waals surface area contributed by atoms with E-state index >= 15 is 0 Å². The Labute approximate surface area is 252 Å². The third-order valence-corrected chi connectivity index (χ3v) is 9.40. The first-order chi connectivity index (χ1) is 20.2. The van der Waals surface area contributed by atoms with Crippen molar-refractivity contribution in [2.24, 2.45) is 4.99 Å². The van der Waals surface area contributed by atoms with Gasteiger partial charge in [-0.05, 0) is 86.3 Å². The van der Waals surface area contributed by atoms with Crippen LogP contribution in [0.2, 0.25) is 0 Å². The topological polar surface area (TPSA) is 71.6 Å². The van der Waals surface area contributed by atoms with E-state index in [1.807, 2.05) is 74.9 Å². The van der Waals surface area contributed by atoms with Gasteiger partial charge in [-0.2, -0.15) is 0 Å². The molecule has 7 nitrogen and oxygen atoms in total. The van der Waals surface area contributed by atoms with Gasteiger partial charge in [0.2, 0.25) is 0 Å². The van der Waals surface area contributed by atoms with Crippen LogP contribution in [0.1, 0.15) is 34.8 Å². The Morgan fingerprint density at radius 1 is 1.00 bits per heavy atom. The largest absolute Gasteiger partial charge is 0.378 e. The molecule has 0 unspecified atom stereocenters. The van der Waals surface area contributed by atoms with Crippen LogP contribution in [0, 0.1) is 13.8 Å². The van der Waals surface area contributed by atoms with Gasteiger partial charge in [-0.25, -0.2) is 4.99 Å². The van der Waals surface area contributed by atoms with Gasteiger partial charge in [0, 0.05) is 47.4 Å². The smallest absolute Gasteiger partial charge is 0.271 e. The monoisotopic (exact) mass is 593 g/mol. The summed E-state index contributed by atoms with van der Waals surface area (Å²) in [6, 6.07) is 23.2. The molecule has 0 aliphatic carbocycles. The maximum absolute atomic E-state index is 14.1. The van der Waals surface area contributed by atoms with E-state index in [0.717, 1.165) is 33.2 Å². The lowest BCUT2D eigenvalue weighted by molar-refractivity contribution is -0.113. The highest BCUT2D eigenvalue weighted by atomic mass is 32.1. The Balaban J connectivity index is 1.44.